The molecule has 1 aromatic rings. The van der Waals surface area contributed by atoms with Crippen LogP contribution in [0.4, 0.5) is 0 Å². The zero-order valence-corrected chi connectivity index (χ0v) is 12.3. The third-order valence-electron chi connectivity index (χ3n) is 4.93. The van der Waals surface area contributed by atoms with Crippen molar-refractivity contribution in [2.75, 3.05) is 6.54 Å². The summed E-state index contributed by atoms with van der Waals surface area (Å²) in [5.74, 6) is -0.0671. The molecule has 0 amide bonds. The third-order valence-corrected chi connectivity index (χ3v) is 4.93. The van der Waals surface area contributed by atoms with Gasteiger partial charge in [-0.1, -0.05) is 55.3 Å². The Morgan fingerprint density at radius 1 is 1.24 bits per heavy atom. The average molecular weight is 285 g/mol. The fourth-order valence-corrected chi connectivity index (χ4v) is 3.93. The molecule has 1 heterocycles. The summed E-state index contributed by atoms with van der Waals surface area (Å²) in [6.45, 7) is 0.743. The Morgan fingerprint density at radius 3 is 2.76 bits per heavy atom. The van der Waals surface area contributed by atoms with E-state index in [1.807, 2.05) is 18.2 Å². The number of carboxylic acids is 1. The van der Waals surface area contributed by atoms with Gasteiger partial charge in [0.05, 0.1) is 0 Å². The summed E-state index contributed by atoms with van der Waals surface area (Å²) < 4.78 is 0. The van der Waals surface area contributed by atoms with Gasteiger partial charge in [0.1, 0.15) is 6.04 Å². The number of nitrogens with zero attached hydrogens (tertiary/aromatic N) is 1. The molecule has 0 bridgehead atoms. The first-order valence-electron chi connectivity index (χ1n) is 7.96. The highest BCUT2D eigenvalue weighted by Gasteiger charge is 2.44. The second-order valence-corrected chi connectivity index (χ2v) is 6.21. The maximum atomic E-state index is 11.5. The van der Waals surface area contributed by atoms with Gasteiger partial charge < -0.3 is 5.11 Å². The highest BCUT2D eigenvalue weighted by atomic mass is 16.4. The van der Waals surface area contributed by atoms with E-state index in [0.717, 1.165) is 19.4 Å². The Balaban J connectivity index is 1.69. The largest absolute Gasteiger partial charge is 0.480 e. The van der Waals surface area contributed by atoms with Gasteiger partial charge in [-0.05, 0) is 30.7 Å². The molecule has 1 saturated heterocycles. The lowest BCUT2D eigenvalue weighted by Gasteiger charge is -2.32. The Labute approximate surface area is 126 Å². The first-order chi connectivity index (χ1) is 10.3. The van der Waals surface area contributed by atoms with Gasteiger partial charge in [0, 0.05) is 12.6 Å². The van der Waals surface area contributed by atoms with E-state index in [0.29, 0.717) is 12.0 Å². The minimum absolute atomic E-state index is 0.293. The highest BCUT2D eigenvalue weighted by molar-refractivity contribution is 5.74. The van der Waals surface area contributed by atoms with Crippen molar-refractivity contribution in [2.45, 2.75) is 44.2 Å². The summed E-state index contributed by atoms with van der Waals surface area (Å²) >= 11 is 0. The van der Waals surface area contributed by atoms with Gasteiger partial charge in [0.2, 0.25) is 0 Å². The summed E-state index contributed by atoms with van der Waals surface area (Å²) in [6, 6.07) is 10.4. The van der Waals surface area contributed by atoms with Crippen molar-refractivity contribution >= 4 is 12.0 Å². The number of carbonyl (C=O) groups is 1. The number of carboxylic acid groups (broad SMARTS) is 1. The normalized spacial score (nSPS) is 29.6. The second kappa shape index (κ2) is 6.44. The molecule has 3 atom stereocenters. The molecule has 3 heteroatoms. The van der Waals surface area contributed by atoms with Crippen molar-refractivity contribution in [1.82, 2.24) is 4.90 Å². The summed E-state index contributed by atoms with van der Waals surface area (Å²) in [5, 5.41) is 9.48. The van der Waals surface area contributed by atoms with Crippen LogP contribution < -0.4 is 0 Å². The number of rotatable bonds is 4. The van der Waals surface area contributed by atoms with Crippen LogP contribution in [0.2, 0.25) is 0 Å². The molecule has 112 valence electrons. The molecule has 0 unspecified atom stereocenters. The quantitative estimate of drug-likeness (QED) is 0.921. The van der Waals surface area contributed by atoms with Crippen molar-refractivity contribution in [2.24, 2.45) is 5.92 Å². The predicted molar refractivity (Wildman–Crippen MR) is 84.0 cm³/mol. The first-order valence-corrected chi connectivity index (χ1v) is 7.96. The van der Waals surface area contributed by atoms with Gasteiger partial charge in [-0.15, -0.1) is 0 Å². The number of likely N-dealkylation sites (tertiary alicyclic amines) is 1. The minimum Gasteiger partial charge on any atom is -0.480 e. The number of fused-ring (bicyclic) bond motifs is 1. The summed E-state index contributed by atoms with van der Waals surface area (Å²) in [6.07, 6.45) is 9.91. The van der Waals surface area contributed by atoms with Crippen LogP contribution in [0.25, 0.3) is 6.08 Å². The summed E-state index contributed by atoms with van der Waals surface area (Å²) in [4.78, 5) is 13.7. The number of aliphatic carboxylic acids is 1. The highest BCUT2D eigenvalue weighted by Crippen LogP contribution is 2.39. The molecule has 0 spiro atoms. The Bertz CT molecular complexity index is 511. The predicted octanol–water partition coefficient (Wildman–Crippen LogP) is 3.42. The van der Waals surface area contributed by atoms with Crippen molar-refractivity contribution in [3.8, 4) is 0 Å². The molecule has 2 aliphatic rings. The standard InChI is InChI=1S/C18H23NO2/c20-18(21)17-13-15-10-4-5-11-16(15)19(17)12-6-9-14-7-2-1-3-8-14/h1-3,6-9,15-17H,4-5,10-13H2,(H,20,21)/b9-6+/t15-,16+,17+/m1/s1. The van der Waals surface area contributed by atoms with Crippen LogP contribution in [0.1, 0.15) is 37.7 Å². The Kier molecular flexibility index (Phi) is 4.39. The first kappa shape index (κ1) is 14.3. The van der Waals surface area contributed by atoms with E-state index in [1.54, 1.807) is 0 Å². The van der Waals surface area contributed by atoms with Crippen molar-refractivity contribution < 1.29 is 9.90 Å². The van der Waals surface area contributed by atoms with E-state index in [-0.39, 0.29) is 6.04 Å². The SMILES string of the molecule is O=C(O)[C@@H]1C[C@H]2CCCC[C@@H]2N1C/C=C/c1ccccc1. The fourth-order valence-electron chi connectivity index (χ4n) is 3.93. The number of hydrogen-bond acceptors (Lipinski definition) is 2. The Hall–Kier alpha value is -1.61. The van der Waals surface area contributed by atoms with E-state index in [2.05, 4.69) is 29.2 Å². The van der Waals surface area contributed by atoms with E-state index >= 15 is 0 Å². The second-order valence-electron chi connectivity index (χ2n) is 6.21. The zero-order chi connectivity index (χ0) is 14.7. The molecule has 1 N–H and O–H groups in total. The molecular weight excluding hydrogens is 262 g/mol. The maximum absolute atomic E-state index is 11.5. The van der Waals surface area contributed by atoms with Crippen molar-refractivity contribution in [3.63, 3.8) is 0 Å². The molecule has 0 radical (unpaired) electrons. The van der Waals surface area contributed by atoms with Crippen LogP contribution in [0, 0.1) is 5.92 Å². The summed E-state index contributed by atoms with van der Waals surface area (Å²) in [5.41, 5.74) is 1.17. The average Bonchev–Trinajstić information content (AvgIpc) is 2.88. The molecule has 1 aliphatic heterocycles. The molecular formula is C18H23NO2. The lowest BCUT2D eigenvalue weighted by Crippen LogP contribution is -2.42. The maximum Gasteiger partial charge on any atom is 0.320 e. The van der Waals surface area contributed by atoms with Crippen LogP contribution in [-0.2, 0) is 4.79 Å². The molecule has 3 rings (SSSR count). The van der Waals surface area contributed by atoms with Crippen LogP contribution in [0.5, 0.6) is 0 Å². The number of hydrogen-bond donors (Lipinski definition) is 1. The van der Waals surface area contributed by atoms with E-state index in [4.69, 9.17) is 0 Å². The van der Waals surface area contributed by atoms with Crippen molar-refractivity contribution in [3.05, 3.63) is 42.0 Å². The van der Waals surface area contributed by atoms with Crippen molar-refractivity contribution in [1.29, 1.82) is 0 Å². The zero-order valence-electron chi connectivity index (χ0n) is 12.3. The molecule has 1 aromatic carbocycles. The van der Waals surface area contributed by atoms with Gasteiger partial charge >= 0.3 is 5.97 Å². The fraction of sp³-hybridized carbons (Fsp3) is 0.500. The van der Waals surface area contributed by atoms with Gasteiger partial charge in [0.25, 0.3) is 0 Å². The lowest BCUT2D eigenvalue weighted by atomic mass is 9.85. The Morgan fingerprint density at radius 2 is 2.00 bits per heavy atom. The molecule has 3 nitrogen and oxygen atoms in total. The minimum atomic E-state index is -0.655. The topological polar surface area (TPSA) is 40.5 Å². The van der Waals surface area contributed by atoms with Crippen LogP contribution in [0.15, 0.2) is 36.4 Å². The lowest BCUT2D eigenvalue weighted by molar-refractivity contribution is -0.142. The smallest absolute Gasteiger partial charge is 0.320 e. The molecule has 2 fully saturated rings. The summed E-state index contributed by atoms with van der Waals surface area (Å²) in [7, 11) is 0. The van der Waals surface area contributed by atoms with Gasteiger partial charge in [-0.2, -0.15) is 0 Å². The molecule has 1 aliphatic carbocycles. The molecule has 21 heavy (non-hydrogen) atoms. The van der Waals surface area contributed by atoms with E-state index in [1.165, 1.54) is 24.8 Å². The third kappa shape index (κ3) is 3.18. The monoisotopic (exact) mass is 285 g/mol. The van der Waals surface area contributed by atoms with E-state index < -0.39 is 5.97 Å². The van der Waals surface area contributed by atoms with E-state index in [9.17, 15) is 9.90 Å². The number of benzene rings is 1. The van der Waals surface area contributed by atoms with Gasteiger partial charge in [-0.3, -0.25) is 9.69 Å². The van der Waals surface area contributed by atoms with Gasteiger partial charge in [-0.25, -0.2) is 0 Å². The van der Waals surface area contributed by atoms with Gasteiger partial charge in [0.15, 0.2) is 0 Å². The van der Waals surface area contributed by atoms with Crippen LogP contribution in [-0.4, -0.2) is 34.6 Å². The molecule has 1 saturated carbocycles. The molecule has 0 aromatic heterocycles. The van der Waals surface area contributed by atoms with Crippen LogP contribution in [0.3, 0.4) is 0 Å². The van der Waals surface area contributed by atoms with Crippen LogP contribution >= 0.6 is 0 Å².